The third-order valence-electron chi connectivity index (χ3n) is 6.61. The van der Waals surface area contributed by atoms with Gasteiger partial charge in [0.05, 0.1) is 20.1 Å². The first kappa shape index (κ1) is 24.2. The maximum Gasteiger partial charge on any atom is 0.327 e. The molecule has 1 aliphatic heterocycles. The van der Waals surface area contributed by atoms with Crippen LogP contribution in [0.25, 0.3) is 0 Å². The van der Waals surface area contributed by atoms with Gasteiger partial charge in [-0.15, -0.1) is 0 Å². The number of benzene rings is 1. The third kappa shape index (κ3) is 4.69. The minimum atomic E-state index is -3.88. The van der Waals surface area contributed by atoms with E-state index in [4.69, 9.17) is 4.74 Å². The molecule has 2 fully saturated rings. The van der Waals surface area contributed by atoms with Gasteiger partial charge in [-0.05, 0) is 50.2 Å². The molecule has 1 heterocycles. The number of carbonyl (C=O) groups is 1. The number of rotatable bonds is 7. The molecule has 0 aromatic heterocycles. The minimum Gasteiger partial charge on any atom is -0.468 e. The van der Waals surface area contributed by atoms with E-state index in [1.807, 2.05) is 20.8 Å². The largest absolute Gasteiger partial charge is 0.468 e. The van der Waals surface area contributed by atoms with E-state index in [1.165, 1.54) is 11.4 Å². The van der Waals surface area contributed by atoms with Crippen molar-refractivity contribution in [3.63, 3.8) is 0 Å². The molecule has 31 heavy (non-hydrogen) atoms. The molecule has 3 atom stereocenters. The summed E-state index contributed by atoms with van der Waals surface area (Å²) in [6.07, 6.45) is 4.15. The summed E-state index contributed by atoms with van der Waals surface area (Å²) in [4.78, 5) is 13.4. The van der Waals surface area contributed by atoms with E-state index in [9.17, 15) is 13.2 Å². The Hall–Kier alpha value is -1.44. The van der Waals surface area contributed by atoms with Crippen LogP contribution in [-0.2, 0) is 19.6 Å². The second-order valence-electron chi connectivity index (χ2n) is 11.0. The minimum absolute atomic E-state index is 0.151. The van der Waals surface area contributed by atoms with Crippen LogP contribution in [0.15, 0.2) is 40.9 Å². The lowest BCUT2D eigenvalue weighted by Gasteiger charge is -2.46. The Morgan fingerprint density at radius 2 is 1.84 bits per heavy atom. The van der Waals surface area contributed by atoms with E-state index in [2.05, 4.69) is 31.4 Å². The third-order valence-corrected chi connectivity index (χ3v) is 9.71. The first-order chi connectivity index (χ1) is 14.3. The van der Waals surface area contributed by atoms with Crippen LogP contribution in [-0.4, -0.2) is 46.0 Å². The highest BCUT2D eigenvalue weighted by Gasteiger charge is 2.67. The summed E-state index contributed by atoms with van der Waals surface area (Å²) in [5, 5.41) is 0. The highest BCUT2D eigenvalue weighted by Crippen LogP contribution is 2.63. The van der Waals surface area contributed by atoms with Crippen molar-refractivity contribution in [1.82, 2.24) is 4.31 Å². The average Bonchev–Trinajstić information content (AvgIpc) is 3.37. The maximum atomic E-state index is 13.9. The molecule has 1 saturated heterocycles. The van der Waals surface area contributed by atoms with Crippen LogP contribution < -0.4 is 0 Å². The second kappa shape index (κ2) is 8.16. The van der Waals surface area contributed by atoms with Crippen molar-refractivity contribution in [3.8, 4) is 0 Å². The van der Waals surface area contributed by atoms with E-state index in [1.54, 1.807) is 24.3 Å². The highest BCUT2D eigenvalue weighted by atomic mass is 32.2. The Bertz CT molecular complexity index is 964. The van der Waals surface area contributed by atoms with Gasteiger partial charge in [-0.25, -0.2) is 8.42 Å². The van der Waals surface area contributed by atoms with Gasteiger partial charge < -0.3 is 4.74 Å². The first-order valence-corrected chi connectivity index (χ1v) is 16.2. The summed E-state index contributed by atoms with van der Waals surface area (Å²) in [6, 6.07) is 6.90. The predicted octanol–water partition coefficient (Wildman–Crippen LogP) is 4.79. The Labute approximate surface area is 188 Å². The number of sulfonamides is 1. The summed E-state index contributed by atoms with van der Waals surface area (Å²) in [7, 11) is -3.94. The fraction of sp³-hybridized carbons (Fsp3) is 0.625. The summed E-state index contributed by atoms with van der Waals surface area (Å²) in [5.74, 6) is 0.0209. The molecule has 0 amide bonds. The molecule has 1 aliphatic carbocycles. The quantitative estimate of drug-likeness (QED) is 0.431. The number of carbonyl (C=O) groups excluding carboxylic acids is 1. The number of aryl methyl sites for hydroxylation is 1. The molecule has 172 valence electrons. The van der Waals surface area contributed by atoms with E-state index in [0.717, 1.165) is 12.0 Å². The number of ether oxygens (including phenoxy) is 1. The SMILES string of the molecule is COC(=O)[C@]1(CC(C)C)C[C@@H]2C[C@]2(/C=C\[Si](C)(C)C)CN1S(=O)(=O)c1ccc(C)cc1. The first-order valence-electron chi connectivity index (χ1n) is 11.1. The van der Waals surface area contributed by atoms with Crippen molar-refractivity contribution in [2.45, 2.75) is 70.1 Å². The van der Waals surface area contributed by atoms with Crippen LogP contribution >= 0.6 is 0 Å². The van der Waals surface area contributed by atoms with Crippen molar-refractivity contribution in [1.29, 1.82) is 0 Å². The molecule has 7 heteroatoms. The highest BCUT2D eigenvalue weighted by molar-refractivity contribution is 7.89. The summed E-state index contributed by atoms with van der Waals surface area (Å²) in [6.45, 7) is 13.1. The summed E-state index contributed by atoms with van der Waals surface area (Å²) >= 11 is 0. The lowest BCUT2D eigenvalue weighted by atomic mass is 9.79. The van der Waals surface area contributed by atoms with Gasteiger partial charge in [-0.1, -0.05) is 63.0 Å². The Morgan fingerprint density at radius 1 is 1.23 bits per heavy atom. The van der Waals surface area contributed by atoms with Crippen LogP contribution in [0.1, 0.15) is 38.7 Å². The van der Waals surface area contributed by atoms with E-state index >= 15 is 0 Å². The van der Waals surface area contributed by atoms with Crippen molar-refractivity contribution in [2.24, 2.45) is 17.3 Å². The van der Waals surface area contributed by atoms with Crippen molar-refractivity contribution < 1.29 is 17.9 Å². The predicted molar refractivity (Wildman–Crippen MR) is 127 cm³/mol. The molecule has 0 bridgehead atoms. The maximum absolute atomic E-state index is 13.9. The summed E-state index contributed by atoms with van der Waals surface area (Å²) in [5.41, 5.74) is 1.98. The van der Waals surface area contributed by atoms with Gasteiger partial charge in [0.1, 0.15) is 5.54 Å². The lowest BCUT2D eigenvalue weighted by Crippen LogP contribution is -2.62. The van der Waals surface area contributed by atoms with Crippen molar-refractivity contribution in [2.75, 3.05) is 13.7 Å². The number of hydrogen-bond donors (Lipinski definition) is 0. The van der Waals surface area contributed by atoms with Crippen LogP contribution in [0.3, 0.4) is 0 Å². The number of hydrogen-bond acceptors (Lipinski definition) is 4. The van der Waals surface area contributed by atoms with E-state index in [-0.39, 0.29) is 16.2 Å². The number of piperidine rings is 1. The standard InChI is InChI=1S/C24H37NO4SSi/c1-18(2)14-24(22(26)29-4)16-20-15-23(20,12-13-31(5,6)7)17-25(24)30(27,28)21-10-8-19(3)9-11-21/h8-13,18,20H,14-17H2,1-7H3/b13-12-/t20-,23+,24-/m0/s1. The number of nitrogens with zero attached hydrogens (tertiary/aromatic N) is 1. The smallest absolute Gasteiger partial charge is 0.327 e. The summed E-state index contributed by atoms with van der Waals surface area (Å²) < 4.78 is 34.6. The molecule has 1 aromatic rings. The van der Waals surface area contributed by atoms with Gasteiger partial charge in [-0.3, -0.25) is 4.79 Å². The molecule has 2 aliphatic rings. The molecule has 1 saturated carbocycles. The van der Waals surface area contributed by atoms with Crippen LogP contribution in [0.2, 0.25) is 19.6 Å². The fourth-order valence-corrected chi connectivity index (χ4v) is 7.60. The van der Waals surface area contributed by atoms with Crippen molar-refractivity contribution in [3.05, 3.63) is 41.6 Å². The Morgan fingerprint density at radius 3 is 2.35 bits per heavy atom. The van der Waals surface area contributed by atoms with E-state index < -0.39 is 29.6 Å². The molecule has 0 N–H and O–H groups in total. The molecule has 5 nitrogen and oxygen atoms in total. The molecule has 3 rings (SSSR count). The Kier molecular flexibility index (Phi) is 6.37. The molecular weight excluding hydrogens is 426 g/mol. The number of esters is 1. The lowest BCUT2D eigenvalue weighted by molar-refractivity contribution is -0.156. The van der Waals surface area contributed by atoms with Gasteiger partial charge in [0.15, 0.2) is 0 Å². The molecule has 0 radical (unpaired) electrons. The van der Waals surface area contributed by atoms with Gasteiger partial charge in [0.25, 0.3) is 0 Å². The molecule has 0 spiro atoms. The monoisotopic (exact) mass is 463 g/mol. The number of methoxy groups -OCH3 is 1. The molecular formula is C24H37NO4SSi. The average molecular weight is 464 g/mol. The van der Waals surface area contributed by atoms with Crippen LogP contribution in [0.4, 0.5) is 0 Å². The zero-order valence-electron chi connectivity index (χ0n) is 19.9. The molecule has 0 unspecified atom stereocenters. The van der Waals surface area contributed by atoms with Gasteiger partial charge in [0, 0.05) is 12.0 Å². The topological polar surface area (TPSA) is 63.7 Å². The van der Waals surface area contributed by atoms with Crippen LogP contribution in [0.5, 0.6) is 0 Å². The van der Waals surface area contributed by atoms with Gasteiger partial charge in [0.2, 0.25) is 10.0 Å². The van der Waals surface area contributed by atoms with Crippen molar-refractivity contribution >= 4 is 24.1 Å². The Balaban J connectivity index is 2.12. The second-order valence-corrected chi connectivity index (χ2v) is 17.9. The fourth-order valence-electron chi connectivity index (χ4n) is 4.94. The zero-order chi connectivity index (χ0) is 23.2. The van der Waals surface area contributed by atoms with E-state index in [0.29, 0.717) is 25.3 Å². The van der Waals surface area contributed by atoms with Gasteiger partial charge >= 0.3 is 5.97 Å². The van der Waals surface area contributed by atoms with Crippen LogP contribution in [0, 0.1) is 24.2 Å². The normalized spacial score (nSPS) is 29.2. The van der Waals surface area contributed by atoms with Gasteiger partial charge in [-0.2, -0.15) is 4.31 Å². The zero-order valence-corrected chi connectivity index (χ0v) is 21.8. The molecule has 1 aromatic carbocycles. The number of fused-ring (bicyclic) bond motifs is 1.